The Bertz CT molecular complexity index is 599. The van der Waals surface area contributed by atoms with E-state index in [-0.39, 0.29) is 30.3 Å². The number of benzene rings is 2. The van der Waals surface area contributed by atoms with Gasteiger partial charge in [0.25, 0.3) is 0 Å². The van der Waals surface area contributed by atoms with Crippen LogP contribution < -0.4 is 10.5 Å². The zero-order valence-corrected chi connectivity index (χ0v) is 11.5. The van der Waals surface area contributed by atoms with Gasteiger partial charge in [-0.15, -0.1) is 25.6 Å². The summed E-state index contributed by atoms with van der Waals surface area (Å²) in [5.41, 5.74) is 6.70. The highest BCUT2D eigenvalue weighted by Crippen LogP contribution is 2.31. The van der Waals surface area contributed by atoms with Crippen LogP contribution in [-0.2, 0) is 6.54 Å². The average molecular weight is 322 g/mol. The molecule has 0 saturated heterocycles. The molecule has 2 nitrogen and oxygen atoms in total. The van der Waals surface area contributed by atoms with Gasteiger partial charge in [-0.1, -0.05) is 24.3 Å². The summed E-state index contributed by atoms with van der Waals surface area (Å²) in [6.45, 7) is -0.0743. The lowest BCUT2D eigenvalue weighted by molar-refractivity contribution is -0.274. The Morgan fingerprint density at radius 1 is 0.952 bits per heavy atom. The maximum Gasteiger partial charge on any atom is 0.573 e. The Labute approximate surface area is 124 Å². The van der Waals surface area contributed by atoms with Gasteiger partial charge in [0.2, 0.25) is 0 Å². The summed E-state index contributed by atoms with van der Waals surface area (Å²) in [7, 11) is 0. The van der Waals surface area contributed by atoms with Gasteiger partial charge < -0.3 is 10.5 Å². The third kappa shape index (κ3) is 4.61. The first kappa shape index (κ1) is 17.3. The average Bonchev–Trinajstić information content (AvgIpc) is 2.37. The van der Waals surface area contributed by atoms with Crippen molar-refractivity contribution in [1.82, 2.24) is 0 Å². The molecule has 0 saturated carbocycles. The third-order valence-corrected chi connectivity index (χ3v) is 2.69. The molecule has 0 heterocycles. The summed E-state index contributed by atoms with van der Waals surface area (Å²) in [5, 5.41) is 0. The van der Waals surface area contributed by atoms with Crippen LogP contribution >= 0.6 is 12.4 Å². The predicted molar refractivity (Wildman–Crippen MR) is 73.7 cm³/mol. The van der Waals surface area contributed by atoms with E-state index in [9.17, 15) is 17.6 Å². The molecule has 0 aliphatic heterocycles. The Morgan fingerprint density at radius 3 is 2.05 bits per heavy atom. The second-order valence-corrected chi connectivity index (χ2v) is 4.08. The van der Waals surface area contributed by atoms with E-state index in [4.69, 9.17) is 5.73 Å². The van der Waals surface area contributed by atoms with E-state index in [1.807, 2.05) is 0 Å². The Kier molecular flexibility index (Phi) is 5.57. The van der Waals surface area contributed by atoms with Crippen LogP contribution in [0.5, 0.6) is 5.75 Å². The molecule has 0 spiro atoms. The molecule has 21 heavy (non-hydrogen) atoms. The topological polar surface area (TPSA) is 35.2 Å². The fourth-order valence-electron chi connectivity index (χ4n) is 1.76. The number of rotatable bonds is 3. The lowest BCUT2D eigenvalue weighted by atomic mass is 10.0. The smallest absolute Gasteiger partial charge is 0.405 e. The minimum atomic E-state index is -4.79. The molecule has 0 amide bonds. The molecule has 0 aromatic heterocycles. The van der Waals surface area contributed by atoms with Crippen molar-refractivity contribution in [2.75, 3.05) is 0 Å². The van der Waals surface area contributed by atoms with Crippen LogP contribution in [0.1, 0.15) is 5.56 Å². The summed E-state index contributed by atoms with van der Waals surface area (Å²) in [5.74, 6) is -0.763. The van der Waals surface area contributed by atoms with Gasteiger partial charge in [-0.3, -0.25) is 0 Å². The second-order valence-electron chi connectivity index (χ2n) is 4.08. The lowest BCUT2D eigenvalue weighted by Crippen LogP contribution is -2.18. The van der Waals surface area contributed by atoms with Gasteiger partial charge in [0.15, 0.2) is 0 Å². The number of ether oxygens (including phenoxy) is 1. The monoisotopic (exact) mass is 321 g/mol. The lowest BCUT2D eigenvalue weighted by Gasteiger charge is -2.14. The van der Waals surface area contributed by atoms with E-state index in [0.717, 1.165) is 0 Å². The zero-order chi connectivity index (χ0) is 14.8. The molecule has 0 fully saturated rings. The zero-order valence-electron chi connectivity index (χ0n) is 10.7. The van der Waals surface area contributed by atoms with Gasteiger partial charge in [0.1, 0.15) is 11.6 Å². The van der Waals surface area contributed by atoms with Crippen LogP contribution in [0.25, 0.3) is 11.1 Å². The van der Waals surface area contributed by atoms with Crippen LogP contribution in [0.2, 0.25) is 0 Å². The van der Waals surface area contributed by atoms with Gasteiger partial charge >= 0.3 is 6.36 Å². The van der Waals surface area contributed by atoms with Gasteiger partial charge in [-0.25, -0.2) is 4.39 Å². The Balaban J connectivity index is 0.00000220. The van der Waals surface area contributed by atoms with Crippen molar-refractivity contribution in [2.24, 2.45) is 5.73 Å². The first-order valence-corrected chi connectivity index (χ1v) is 5.74. The van der Waals surface area contributed by atoms with Gasteiger partial charge in [-0.05, 0) is 29.3 Å². The number of alkyl halides is 3. The molecule has 2 N–H and O–H groups in total. The first-order chi connectivity index (χ1) is 9.39. The molecule has 0 radical (unpaired) electrons. The van der Waals surface area contributed by atoms with Crippen molar-refractivity contribution in [3.05, 3.63) is 53.8 Å². The summed E-state index contributed by atoms with van der Waals surface area (Å²) in [4.78, 5) is 0. The molecular weight excluding hydrogens is 310 g/mol. The standard InChI is InChI=1S/C14H11F4NO.ClH/c15-12-5-3-9(4-6-12)10-1-2-11(8-19)13(7-10)20-14(16,17)18;/h1-7H,8,19H2;1H. The van der Waals surface area contributed by atoms with Gasteiger partial charge in [0.05, 0.1) is 0 Å². The number of nitrogens with two attached hydrogens (primary N) is 1. The third-order valence-electron chi connectivity index (χ3n) is 2.69. The van der Waals surface area contributed by atoms with Crippen molar-refractivity contribution >= 4 is 12.4 Å². The summed E-state index contributed by atoms with van der Waals surface area (Å²) >= 11 is 0. The van der Waals surface area contributed by atoms with E-state index < -0.39 is 12.2 Å². The SMILES string of the molecule is Cl.NCc1ccc(-c2ccc(F)cc2)cc1OC(F)(F)F. The Morgan fingerprint density at radius 2 is 1.52 bits per heavy atom. The van der Waals surface area contributed by atoms with Crippen molar-refractivity contribution in [2.45, 2.75) is 12.9 Å². The molecular formula is C14H12ClF4NO. The molecule has 0 bridgehead atoms. The fourth-order valence-corrected chi connectivity index (χ4v) is 1.76. The number of hydrogen-bond donors (Lipinski definition) is 1. The normalized spacial score (nSPS) is 10.9. The van der Waals surface area contributed by atoms with Crippen LogP contribution in [0, 0.1) is 5.82 Å². The molecule has 7 heteroatoms. The molecule has 0 aliphatic carbocycles. The van der Waals surface area contributed by atoms with Crippen molar-refractivity contribution in [1.29, 1.82) is 0 Å². The first-order valence-electron chi connectivity index (χ1n) is 5.74. The molecule has 2 aromatic carbocycles. The van der Waals surface area contributed by atoms with Crippen LogP contribution in [0.15, 0.2) is 42.5 Å². The van der Waals surface area contributed by atoms with E-state index >= 15 is 0 Å². The predicted octanol–water partition coefficient (Wildman–Crippen LogP) is 4.27. The van der Waals surface area contributed by atoms with E-state index in [1.165, 1.54) is 36.4 Å². The van der Waals surface area contributed by atoms with Crippen molar-refractivity contribution in [3.8, 4) is 16.9 Å². The number of halogens is 5. The minimum Gasteiger partial charge on any atom is -0.405 e. The molecule has 2 aromatic rings. The molecule has 114 valence electrons. The van der Waals surface area contributed by atoms with E-state index in [1.54, 1.807) is 6.07 Å². The maximum atomic E-state index is 12.8. The minimum absolute atomic E-state index is 0. The summed E-state index contributed by atoms with van der Waals surface area (Å²) in [6, 6.07) is 9.72. The van der Waals surface area contributed by atoms with Crippen molar-refractivity contribution < 1.29 is 22.3 Å². The van der Waals surface area contributed by atoms with E-state index in [0.29, 0.717) is 11.1 Å². The highest BCUT2D eigenvalue weighted by Gasteiger charge is 2.32. The largest absolute Gasteiger partial charge is 0.573 e. The van der Waals surface area contributed by atoms with Gasteiger partial charge in [-0.2, -0.15) is 0 Å². The fraction of sp³-hybridized carbons (Fsp3) is 0.143. The quantitative estimate of drug-likeness (QED) is 0.857. The number of hydrogen-bond acceptors (Lipinski definition) is 2. The maximum absolute atomic E-state index is 12.8. The molecule has 0 atom stereocenters. The summed E-state index contributed by atoms with van der Waals surface area (Å²) in [6.07, 6.45) is -4.79. The van der Waals surface area contributed by atoms with Crippen molar-refractivity contribution in [3.63, 3.8) is 0 Å². The molecule has 2 rings (SSSR count). The second kappa shape index (κ2) is 6.78. The summed E-state index contributed by atoms with van der Waals surface area (Å²) < 4.78 is 53.8. The van der Waals surface area contributed by atoms with E-state index in [2.05, 4.69) is 4.74 Å². The van der Waals surface area contributed by atoms with Gasteiger partial charge in [0, 0.05) is 12.1 Å². The highest BCUT2D eigenvalue weighted by molar-refractivity contribution is 5.85. The van der Waals surface area contributed by atoms with Crippen LogP contribution in [-0.4, -0.2) is 6.36 Å². The Hall–Kier alpha value is -1.79. The molecule has 0 unspecified atom stereocenters. The van der Waals surface area contributed by atoms with Crippen LogP contribution in [0.3, 0.4) is 0 Å². The highest BCUT2D eigenvalue weighted by atomic mass is 35.5. The van der Waals surface area contributed by atoms with Crippen LogP contribution in [0.4, 0.5) is 17.6 Å². The molecule has 0 aliphatic rings.